The molecule has 0 aromatic rings. The minimum Gasteiger partial charge on any atom is -0.355 e. The van der Waals surface area contributed by atoms with E-state index in [4.69, 9.17) is 0 Å². The van der Waals surface area contributed by atoms with Crippen LogP contribution in [0.3, 0.4) is 0 Å². The Hall–Kier alpha value is -0.900. The quantitative estimate of drug-likeness (QED) is 0.755. The van der Waals surface area contributed by atoms with E-state index < -0.39 is 0 Å². The van der Waals surface area contributed by atoms with Crippen LogP contribution in [-0.4, -0.2) is 42.8 Å². The van der Waals surface area contributed by atoms with Crippen LogP contribution in [0, 0.1) is 5.92 Å². The maximum Gasteiger partial charge on any atom is 0.234 e. The highest BCUT2D eigenvalue weighted by Gasteiger charge is 2.18. The number of carbonyl (C=O) groups excluding carboxylic acids is 2. The average Bonchev–Trinajstić information content (AvgIpc) is 2.16. The lowest BCUT2D eigenvalue weighted by atomic mass is 10.1. The van der Waals surface area contributed by atoms with Crippen molar-refractivity contribution in [3.8, 4) is 0 Å². The molecule has 0 bridgehead atoms. The first-order valence-corrected chi connectivity index (χ1v) is 6.08. The molecule has 1 aliphatic rings. The van der Waals surface area contributed by atoms with E-state index >= 15 is 0 Å². The first-order chi connectivity index (χ1) is 7.58. The molecule has 0 aliphatic carbocycles. The number of carbonyl (C=O) groups is 2. The van der Waals surface area contributed by atoms with Crippen molar-refractivity contribution in [2.75, 3.05) is 26.2 Å². The largest absolute Gasteiger partial charge is 0.355 e. The lowest BCUT2D eigenvalue weighted by Gasteiger charge is -2.24. The zero-order valence-corrected chi connectivity index (χ0v) is 10.3. The Morgan fingerprint density at radius 1 is 1.50 bits per heavy atom. The molecule has 1 N–H and O–H groups in total. The number of Topliss-reactive ketones (excluding diaryl/α,β-unsaturated/α-hetero) is 1. The lowest BCUT2D eigenvalue weighted by Crippen LogP contribution is -2.43. The van der Waals surface area contributed by atoms with Crippen LogP contribution < -0.4 is 5.32 Å². The third kappa shape index (κ3) is 5.26. The van der Waals surface area contributed by atoms with Gasteiger partial charge >= 0.3 is 0 Å². The van der Waals surface area contributed by atoms with E-state index in [1.807, 2.05) is 4.90 Å². The number of rotatable bonds is 5. The van der Waals surface area contributed by atoms with Crippen molar-refractivity contribution in [1.82, 2.24) is 10.2 Å². The van der Waals surface area contributed by atoms with Gasteiger partial charge < -0.3 is 5.32 Å². The number of hydrogen-bond acceptors (Lipinski definition) is 3. The molecule has 1 rings (SSSR count). The Morgan fingerprint density at radius 3 is 2.88 bits per heavy atom. The third-order valence-corrected chi connectivity index (χ3v) is 2.74. The Morgan fingerprint density at radius 2 is 2.25 bits per heavy atom. The van der Waals surface area contributed by atoms with E-state index in [9.17, 15) is 9.59 Å². The standard InChI is InChI=1S/C12H22N2O2/c1-10(2)5-6-13-12(16)9-14-7-3-4-11(15)8-14/h10H,3-9H2,1-2H3,(H,13,16). The average molecular weight is 226 g/mol. The molecule has 0 saturated carbocycles. The van der Waals surface area contributed by atoms with Crippen molar-refractivity contribution in [3.05, 3.63) is 0 Å². The molecule has 16 heavy (non-hydrogen) atoms. The molecule has 4 heteroatoms. The summed E-state index contributed by atoms with van der Waals surface area (Å²) in [5.41, 5.74) is 0. The van der Waals surface area contributed by atoms with Gasteiger partial charge in [-0.3, -0.25) is 14.5 Å². The summed E-state index contributed by atoms with van der Waals surface area (Å²) < 4.78 is 0. The minimum atomic E-state index is 0.0374. The van der Waals surface area contributed by atoms with Crippen LogP contribution in [0.5, 0.6) is 0 Å². The molecular formula is C12H22N2O2. The first-order valence-electron chi connectivity index (χ1n) is 6.08. The topological polar surface area (TPSA) is 49.4 Å². The van der Waals surface area contributed by atoms with E-state index in [1.54, 1.807) is 0 Å². The molecule has 0 spiro atoms. The van der Waals surface area contributed by atoms with Crippen molar-refractivity contribution < 1.29 is 9.59 Å². The summed E-state index contributed by atoms with van der Waals surface area (Å²) in [6.07, 6.45) is 2.56. The second-order valence-electron chi connectivity index (χ2n) is 4.89. The zero-order chi connectivity index (χ0) is 12.0. The van der Waals surface area contributed by atoms with E-state index in [0.717, 1.165) is 25.9 Å². The predicted molar refractivity (Wildman–Crippen MR) is 63.1 cm³/mol. The van der Waals surface area contributed by atoms with Crippen molar-refractivity contribution in [1.29, 1.82) is 0 Å². The molecule has 1 heterocycles. The van der Waals surface area contributed by atoms with Gasteiger partial charge in [0.05, 0.1) is 13.1 Å². The van der Waals surface area contributed by atoms with E-state index in [0.29, 0.717) is 25.4 Å². The van der Waals surface area contributed by atoms with Gasteiger partial charge in [-0.05, 0) is 25.3 Å². The van der Waals surface area contributed by atoms with Gasteiger partial charge in [-0.15, -0.1) is 0 Å². The van der Waals surface area contributed by atoms with Crippen molar-refractivity contribution in [2.24, 2.45) is 5.92 Å². The van der Waals surface area contributed by atoms with Gasteiger partial charge in [-0.25, -0.2) is 0 Å². The summed E-state index contributed by atoms with van der Waals surface area (Å²) in [6, 6.07) is 0. The van der Waals surface area contributed by atoms with Crippen molar-refractivity contribution in [2.45, 2.75) is 33.1 Å². The molecule has 1 aliphatic heterocycles. The molecule has 0 atom stereocenters. The number of likely N-dealkylation sites (tertiary alicyclic amines) is 1. The summed E-state index contributed by atoms with van der Waals surface area (Å²) in [5.74, 6) is 0.897. The Labute approximate surface area is 97.4 Å². The second-order valence-corrected chi connectivity index (χ2v) is 4.89. The number of ketones is 1. The molecule has 1 amide bonds. The maximum absolute atomic E-state index is 11.5. The minimum absolute atomic E-state index is 0.0374. The normalized spacial score (nSPS) is 17.8. The van der Waals surface area contributed by atoms with Crippen molar-refractivity contribution in [3.63, 3.8) is 0 Å². The van der Waals surface area contributed by atoms with Crippen LogP contribution in [0.1, 0.15) is 33.1 Å². The Balaban J connectivity index is 2.15. The number of hydrogen-bond donors (Lipinski definition) is 1. The molecule has 0 aromatic carbocycles. The van der Waals surface area contributed by atoms with E-state index in [2.05, 4.69) is 19.2 Å². The highest BCUT2D eigenvalue weighted by Crippen LogP contribution is 2.04. The zero-order valence-electron chi connectivity index (χ0n) is 10.3. The van der Waals surface area contributed by atoms with Gasteiger partial charge in [0.2, 0.25) is 5.91 Å². The smallest absolute Gasteiger partial charge is 0.234 e. The first kappa shape index (κ1) is 13.2. The van der Waals surface area contributed by atoms with Gasteiger partial charge in [-0.1, -0.05) is 13.8 Å². The number of amides is 1. The molecule has 0 aromatic heterocycles. The maximum atomic E-state index is 11.5. The van der Waals surface area contributed by atoms with Crippen LogP contribution in [0.15, 0.2) is 0 Å². The third-order valence-electron chi connectivity index (χ3n) is 2.74. The van der Waals surface area contributed by atoms with Crippen LogP contribution in [0.25, 0.3) is 0 Å². The van der Waals surface area contributed by atoms with E-state index in [-0.39, 0.29) is 11.7 Å². The number of nitrogens with zero attached hydrogens (tertiary/aromatic N) is 1. The summed E-state index contributed by atoms with van der Waals surface area (Å²) >= 11 is 0. The van der Waals surface area contributed by atoms with Crippen LogP contribution in [0.4, 0.5) is 0 Å². The predicted octanol–water partition coefficient (Wildman–Crippen LogP) is 0.814. The Kier molecular flexibility index (Phi) is 5.46. The number of nitrogens with one attached hydrogen (secondary N) is 1. The SMILES string of the molecule is CC(C)CCNC(=O)CN1CCCC(=O)C1. The number of piperidine rings is 1. The molecule has 4 nitrogen and oxygen atoms in total. The molecule has 1 saturated heterocycles. The summed E-state index contributed by atoms with van der Waals surface area (Å²) in [4.78, 5) is 24.6. The van der Waals surface area contributed by atoms with Crippen LogP contribution in [0.2, 0.25) is 0 Å². The van der Waals surface area contributed by atoms with E-state index in [1.165, 1.54) is 0 Å². The molecule has 0 unspecified atom stereocenters. The van der Waals surface area contributed by atoms with Crippen molar-refractivity contribution >= 4 is 11.7 Å². The monoisotopic (exact) mass is 226 g/mol. The fraction of sp³-hybridized carbons (Fsp3) is 0.833. The van der Waals surface area contributed by atoms with Gasteiger partial charge in [0.25, 0.3) is 0 Å². The molecule has 92 valence electrons. The van der Waals surface area contributed by atoms with Gasteiger partial charge in [0.15, 0.2) is 0 Å². The highest BCUT2D eigenvalue weighted by molar-refractivity contribution is 5.83. The van der Waals surface area contributed by atoms with Crippen LogP contribution >= 0.6 is 0 Å². The van der Waals surface area contributed by atoms with Gasteiger partial charge in [0.1, 0.15) is 5.78 Å². The summed E-state index contributed by atoms with van der Waals surface area (Å²) in [5, 5.41) is 2.88. The fourth-order valence-electron chi connectivity index (χ4n) is 1.80. The molecular weight excluding hydrogens is 204 g/mol. The summed E-state index contributed by atoms with van der Waals surface area (Å²) in [7, 11) is 0. The molecule has 1 fully saturated rings. The van der Waals surface area contributed by atoms with Crippen LogP contribution in [-0.2, 0) is 9.59 Å². The van der Waals surface area contributed by atoms with Gasteiger partial charge in [-0.2, -0.15) is 0 Å². The fourth-order valence-corrected chi connectivity index (χ4v) is 1.80. The lowest BCUT2D eigenvalue weighted by molar-refractivity contribution is -0.125. The second kappa shape index (κ2) is 6.63. The van der Waals surface area contributed by atoms with Gasteiger partial charge in [0, 0.05) is 13.0 Å². The molecule has 0 radical (unpaired) electrons. The Bertz CT molecular complexity index is 251. The summed E-state index contributed by atoms with van der Waals surface area (Å²) in [6.45, 7) is 6.67. The highest BCUT2D eigenvalue weighted by atomic mass is 16.2.